The van der Waals surface area contributed by atoms with Gasteiger partial charge in [-0.3, -0.25) is 14.6 Å². The highest BCUT2D eigenvalue weighted by molar-refractivity contribution is 6.30. The molecule has 0 aromatic heterocycles. The van der Waals surface area contributed by atoms with Gasteiger partial charge in [0, 0.05) is 23.1 Å². The Bertz CT molecular complexity index is 1120. The lowest BCUT2D eigenvalue weighted by molar-refractivity contribution is -0.129. The highest BCUT2D eigenvalue weighted by Crippen LogP contribution is 2.27. The molecule has 0 heterocycles. The number of carbonyl (C=O) groups excluding carboxylic acids is 2. The van der Waals surface area contributed by atoms with Gasteiger partial charge in [0.1, 0.15) is 6.04 Å². The van der Waals surface area contributed by atoms with Crippen molar-refractivity contribution in [3.63, 3.8) is 0 Å². The predicted octanol–water partition coefficient (Wildman–Crippen LogP) is 3.98. The summed E-state index contributed by atoms with van der Waals surface area (Å²) in [5.41, 5.74) is 13.3. The maximum atomic E-state index is 13.6. The van der Waals surface area contributed by atoms with Crippen LogP contribution in [0, 0.1) is 0 Å². The van der Waals surface area contributed by atoms with Crippen LogP contribution in [0.15, 0.2) is 83.9 Å². The van der Waals surface area contributed by atoms with Crippen molar-refractivity contribution < 1.29 is 9.59 Å². The summed E-state index contributed by atoms with van der Waals surface area (Å²) in [7, 11) is 0. The van der Waals surface area contributed by atoms with Gasteiger partial charge in [0.2, 0.25) is 11.8 Å². The highest BCUT2D eigenvalue weighted by Gasteiger charge is 2.28. The van der Waals surface area contributed by atoms with Gasteiger partial charge >= 0.3 is 0 Å². The van der Waals surface area contributed by atoms with Crippen LogP contribution in [0.2, 0.25) is 10.0 Å². The molecule has 3 aromatic carbocycles. The molecule has 36 heavy (non-hydrogen) atoms. The second-order valence-corrected chi connectivity index (χ2v) is 9.12. The third-order valence-electron chi connectivity index (χ3n) is 5.56. The molecular formula is C27H29Cl2N5O2. The van der Waals surface area contributed by atoms with Crippen LogP contribution in [0.4, 0.5) is 0 Å². The van der Waals surface area contributed by atoms with E-state index in [1.807, 2.05) is 30.3 Å². The molecule has 0 radical (unpaired) electrons. The standard InChI is InChI=1S/C27H29Cl2N5O2/c28-21-12-8-19(9-13-21)24(20-10-14-22(29)15-11-20)26(36)34-23(7-4-16-32-27(30)31)25(35)33-17-18-5-2-1-3-6-18/h1-3,5-6,8-15,23-24H,4,7,16-17H2,(H,33,35)(H,34,36)(H4,30,31,32). The summed E-state index contributed by atoms with van der Waals surface area (Å²) in [6, 6.07) is 22.9. The molecule has 0 saturated heterocycles. The van der Waals surface area contributed by atoms with Crippen molar-refractivity contribution in [1.82, 2.24) is 10.6 Å². The van der Waals surface area contributed by atoms with Gasteiger partial charge < -0.3 is 22.1 Å². The molecule has 6 N–H and O–H groups in total. The first kappa shape index (κ1) is 27.0. The Morgan fingerprint density at radius 1 is 0.806 bits per heavy atom. The van der Waals surface area contributed by atoms with Gasteiger partial charge in [0.15, 0.2) is 5.96 Å². The van der Waals surface area contributed by atoms with Crippen molar-refractivity contribution in [2.45, 2.75) is 31.3 Å². The molecule has 188 valence electrons. The van der Waals surface area contributed by atoms with Crippen molar-refractivity contribution in [2.24, 2.45) is 16.5 Å². The van der Waals surface area contributed by atoms with Crippen LogP contribution >= 0.6 is 23.2 Å². The summed E-state index contributed by atoms with van der Waals surface area (Å²) in [5.74, 6) is -1.29. The van der Waals surface area contributed by atoms with Crippen LogP contribution < -0.4 is 22.1 Å². The second kappa shape index (κ2) is 13.5. The number of amides is 2. The summed E-state index contributed by atoms with van der Waals surface area (Å²) in [6.07, 6.45) is 0.866. The quantitative estimate of drug-likeness (QED) is 0.172. The van der Waals surface area contributed by atoms with Gasteiger partial charge in [-0.25, -0.2) is 0 Å². The fourth-order valence-electron chi connectivity index (χ4n) is 3.74. The summed E-state index contributed by atoms with van der Waals surface area (Å²) >= 11 is 12.1. The average molecular weight is 526 g/mol. The number of guanidine groups is 1. The zero-order chi connectivity index (χ0) is 25.9. The van der Waals surface area contributed by atoms with Crippen LogP contribution in [0.5, 0.6) is 0 Å². The molecule has 0 aliphatic heterocycles. The monoisotopic (exact) mass is 525 g/mol. The number of aliphatic imine (C=N–C) groups is 1. The van der Waals surface area contributed by atoms with Crippen LogP contribution in [0.25, 0.3) is 0 Å². The maximum Gasteiger partial charge on any atom is 0.242 e. The first-order valence-electron chi connectivity index (χ1n) is 11.5. The summed E-state index contributed by atoms with van der Waals surface area (Å²) < 4.78 is 0. The van der Waals surface area contributed by atoms with E-state index in [9.17, 15) is 9.59 Å². The van der Waals surface area contributed by atoms with E-state index in [0.717, 1.165) is 16.7 Å². The molecule has 0 saturated carbocycles. The molecule has 3 aromatic rings. The Kier molecular flexibility index (Phi) is 10.2. The van der Waals surface area contributed by atoms with Crippen molar-refractivity contribution in [1.29, 1.82) is 0 Å². The minimum Gasteiger partial charge on any atom is -0.370 e. The molecular weight excluding hydrogens is 497 g/mol. The van der Waals surface area contributed by atoms with Crippen molar-refractivity contribution >= 4 is 41.0 Å². The SMILES string of the molecule is NC(N)=NCCCC(NC(=O)C(c1ccc(Cl)cc1)c1ccc(Cl)cc1)C(=O)NCc1ccccc1. The lowest BCUT2D eigenvalue weighted by Gasteiger charge is -2.23. The van der Waals surface area contributed by atoms with Gasteiger partial charge in [-0.15, -0.1) is 0 Å². The van der Waals surface area contributed by atoms with Gasteiger partial charge in [0.25, 0.3) is 0 Å². The van der Waals surface area contributed by atoms with Crippen molar-refractivity contribution in [3.8, 4) is 0 Å². The van der Waals surface area contributed by atoms with Crippen LogP contribution in [0.3, 0.4) is 0 Å². The second-order valence-electron chi connectivity index (χ2n) is 8.25. The average Bonchev–Trinajstić information content (AvgIpc) is 2.87. The minimum absolute atomic E-state index is 0.0188. The van der Waals surface area contributed by atoms with Crippen LogP contribution in [0.1, 0.15) is 35.4 Å². The molecule has 0 aliphatic carbocycles. The molecule has 7 nitrogen and oxygen atoms in total. The third-order valence-corrected chi connectivity index (χ3v) is 6.06. The van der Waals surface area contributed by atoms with E-state index in [1.54, 1.807) is 48.5 Å². The van der Waals surface area contributed by atoms with E-state index < -0.39 is 12.0 Å². The Hall–Kier alpha value is -3.55. The first-order valence-corrected chi connectivity index (χ1v) is 12.3. The van der Waals surface area contributed by atoms with Crippen molar-refractivity contribution in [2.75, 3.05) is 6.54 Å². The number of nitrogens with zero attached hydrogens (tertiary/aromatic N) is 1. The van der Waals surface area contributed by atoms with Crippen molar-refractivity contribution in [3.05, 3.63) is 106 Å². The van der Waals surface area contributed by atoms with E-state index in [1.165, 1.54) is 0 Å². The molecule has 0 fully saturated rings. The number of hydrogen-bond acceptors (Lipinski definition) is 3. The third kappa shape index (κ3) is 8.29. The molecule has 0 aliphatic rings. The van der Waals surface area contributed by atoms with E-state index >= 15 is 0 Å². The lowest BCUT2D eigenvalue weighted by atomic mass is 9.90. The Balaban J connectivity index is 1.81. The zero-order valence-electron chi connectivity index (χ0n) is 19.7. The molecule has 2 amide bonds. The van der Waals surface area contributed by atoms with Gasteiger partial charge in [-0.2, -0.15) is 0 Å². The summed E-state index contributed by atoms with van der Waals surface area (Å²) in [5, 5.41) is 6.98. The number of carbonyl (C=O) groups is 2. The number of nitrogens with two attached hydrogens (primary N) is 2. The van der Waals surface area contributed by atoms with E-state index in [0.29, 0.717) is 36.0 Å². The molecule has 1 unspecified atom stereocenters. The Morgan fingerprint density at radius 2 is 1.36 bits per heavy atom. The normalized spacial score (nSPS) is 11.5. The van der Waals surface area contributed by atoms with Crippen LogP contribution in [-0.4, -0.2) is 30.4 Å². The van der Waals surface area contributed by atoms with Crippen LogP contribution in [-0.2, 0) is 16.1 Å². The van der Waals surface area contributed by atoms with E-state index in [-0.39, 0.29) is 17.8 Å². The highest BCUT2D eigenvalue weighted by atomic mass is 35.5. The smallest absolute Gasteiger partial charge is 0.242 e. The van der Waals surface area contributed by atoms with Gasteiger partial charge in [-0.1, -0.05) is 77.8 Å². The maximum absolute atomic E-state index is 13.6. The van der Waals surface area contributed by atoms with Gasteiger partial charge in [0.05, 0.1) is 5.92 Å². The van der Waals surface area contributed by atoms with E-state index in [4.69, 9.17) is 34.7 Å². The number of benzene rings is 3. The lowest BCUT2D eigenvalue weighted by Crippen LogP contribution is -2.48. The fourth-order valence-corrected chi connectivity index (χ4v) is 3.99. The Morgan fingerprint density at radius 3 is 1.89 bits per heavy atom. The van der Waals surface area contributed by atoms with E-state index in [2.05, 4.69) is 15.6 Å². The molecule has 3 rings (SSSR count). The molecule has 0 spiro atoms. The topological polar surface area (TPSA) is 123 Å². The first-order chi connectivity index (χ1) is 17.3. The molecule has 1 atom stereocenters. The number of halogens is 2. The minimum atomic E-state index is -0.780. The zero-order valence-corrected chi connectivity index (χ0v) is 21.2. The number of rotatable bonds is 11. The summed E-state index contributed by atoms with van der Waals surface area (Å²) in [6.45, 7) is 0.691. The predicted molar refractivity (Wildman–Crippen MR) is 145 cm³/mol. The number of hydrogen-bond donors (Lipinski definition) is 4. The Labute approximate surface area is 220 Å². The largest absolute Gasteiger partial charge is 0.370 e. The fraction of sp³-hybridized carbons (Fsp3) is 0.222. The molecule has 9 heteroatoms. The summed E-state index contributed by atoms with van der Waals surface area (Å²) in [4.78, 5) is 30.7. The van der Waals surface area contributed by atoms with Gasteiger partial charge in [-0.05, 0) is 53.8 Å². The number of nitrogens with one attached hydrogen (secondary N) is 2. The molecule has 0 bridgehead atoms.